The lowest BCUT2D eigenvalue weighted by atomic mass is 10.1. The Bertz CT molecular complexity index is 277. The Morgan fingerprint density at radius 1 is 1.21 bits per heavy atom. The van der Waals surface area contributed by atoms with Gasteiger partial charge in [-0.3, -0.25) is 9.69 Å². The maximum Gasteiger partial charge on any atom is 0.236 e. The first-order valence-electron chi connectivity index (χ1n) is 7.87. The summed E-state index contributed by atoms with van der Waals surface area (Å²) in [5.74, 6) is 0.954. The summed E-state index contributed by atoms with van der Waals surface area (Å²) in [5, 5.41) is 0. The molecule has 2 heterocycles. The first-order valence-corrected chi connectivity index (χ1v) is 7.87. The standard InChI is InChI=1S/C15H28N2O2/c1-2-10-19-13-14-6-9-16(11-14)12-15(18)17-7-4-3-5-8-17/h14H,2-13H2,1H3/t14-/m1/s1. The third-order valence-corrected chi connectivity index (χ3v) is 4.14. The molecule has 0 aromatic heterocycles. The summed E-state index contributed by atoms with van der Waals surface area (Å²) >= 11 is 0. The fraction of sp³-hybridized carbons (Fsp3) is 0.933. The minimum absolute atomic E-state index is 0.329. The summed E-state index contributed by atoms with van der Waals surface area (Å²) in [7, 11) is 0. The molecule has 4 heteroatoms. The van der Waals surface area contributed by atoms with E-state index in [-0.39, 0.29) is 0 Å². The average molecular weight is 268 g/mol. The predicted molar refractivity (Wildman–Crippen MR) is 76.1 cm³/mol. The molecule has 2 saturated heterocycles. The molecular formula is C15H28N2O2. The van der Waals surface area contributed by atoms with Gasteiger partial charge in [0.15, 0.2) is 0 Å². The van der Waals surface area contributed by atoms with Crippen LogP contribution >= 0.6 is 0 Å². The number of nitrogens with zero attached hydrogens (tertiary/aromatic N) is 2. The third kappa shape index (κ3) is 4.77. The maximum atomic E-state index is 12.2. The van der Waals surface area contributed by atoms with E-state index in [1.54, 1.807) is 0 Å². The lowest BCUT2D eigenvalue weighted by Crippen LogP contribution is -2.42. The van der Waals surface area contributed by atoms with E-state index < -0.39 is 0 Å². The Hall–Kier alpha value is -0.610. The molecule has 2 aliphatic rings. The van der Waals surface area contributed by atoms with E-state index in [4.69, 9.17) is 4.74 Å². The van der Waals surface area contributed by atoms with Gasteiger partial charge >= 0.3 is 0 Å². The highest BCUT2D eigenvalue weighted by atomic mass is 16.5. The first kappa shape index (κ1) is 14.8. The molecule has 0 aromatic carbocycles. The summed E-state index contributed by atoms with van der Waals surface area (Å²) < 4.78 is 5.61. The summed E-state index contributed by atoms with van der Waals surface area (Å²) in [4.78, 5) is 16.5. The molecule has 2 aliphatic heterocycles. The molecule has 2 fully saturated rings. The molecule has 0 aromatic rings. The Labute approximate surface area is 117 Å². The Morgan fingerprint density at radius 3 is 2.74 bits per heavy atom. The van der Waals surface area contributed by atoms with Crippen LogP contribution in [0, 0.1) is 5.92 Å². The SMILES string of the molecule is CCCOC[C@@H]1CCN(CC(=O)N2CCCCC2)C1. The van der Waals surface area contributed by atoms with Crippen LogP contribution in [-0.4, -0.2) is 61.6 Å². The van der Waals surface area contributed by atoms with Gasteiger partial charge in [-0.2, -0.15) is 0 Å². The minimum Gasteiger partial charge on any atom is -0.381 e. The molecule has 19 heavy (non-hydrogen) atoms. The van der Waals surface area contributed by atoms with E-state index in [1.807, 2.05) is 4.90 Å². The van der Waals surface area contributed by atoms with Crippen molar-refractivity contribution in [2.24, 2.45) is 5.92 Å². The summed E-state index contributed by atoms with van der Waals surface area (Å²) in [6.07, 6.45) is 5.91. The van der Waals surface area contributed by atoms with Crippen LogP contribution in [0.1, 0.15) is 39.0 Å². The summed E-state index contributed by atoms with van der Waals surface area (Å²) in [6.45, 7) is 8.50. The quantitative estimate of drug-likeness (QED) is 0.688. The van der Waals surface area contributed by atoms with Gasteiger partial charge in [0.05, 0.1) is 13.2 Å². The lowest BCUT2D eigenvalue weighted by Gasteiger charge is -2.28. The summed E-state index contributed by atoms with van der Waals surface area (Å²) in [6, 6.07) is 0. The first-order chi connectivity index (χ1) is 9.29. The Kier molecular flexibility index (Phi) is 6.11. The number of carbonyl (C=O) groups excluding carboxylic acids is 1. The lowest BCUT2D eigenvalue weighted by molar-refractivity contribution is -0.133. The number of piperidine rings is 1. The largest absolute Gasteiger partial charge is 0.381 e. The van der Waals surface area contributed by atoms with E-state index in [9.17, 15) is 4.79 Å². The van der Waals surface area contributed by atoms with E-state index in [0.29, 0.717) is 18.4 Å². The second kappa shape index (κ2) is 7.85. The van der Waals surface area contributed by atoms with Gasteiger partial charge in [0, 0.05) is 26.2 Å². The van der Waals surface area contributed by atoms with Crippen molar-refractivity contribution < 1.29 is 9.53 Å². The van der Waals surface area contributed by atoms with Crippen molar-refractivity contribution in [2.45, 2.75) is 39.0 Å². The zero-order valence-electron chi connectivity index (χ0n) is 12.3. The van der Waals surface area contributed by atoms with Gasteiger partial charge in [-0.15, -0.1) is 0 Å². The molecule has 0 aliphatic carbocycles. The predicted octanol–water partition coefficient (Wildman–Crippen LogP) is 1.75. The molecule has 110 valence electrons. The van der Waals surface area contributed by atoms with Crippen LogP contribution in [-0.2, 0) is 9.53 Å². The molecule has 0 radical (unpaired) electrons. The number of hydrogen-bond donors (Lipinski definition) is 0. The fourth-order valence-electron chi connectivity index (χ4n) is 3.02. The van der Waals surface area contributed by atoms with Gasteiger partial charge in [-0.25, -0.2) is 0 Å². The minimum atomic E-state index is 0.329. The van der Waals surface area contributed by atoms with Crippen molar-refractivity contribution in [3.63, 3.8) is 0 Å². The number of carbonyl (C=O) groups is 1. The van der Waals surface area contributed by atoms with Crippen LogP contribution in [0.2, 0.25) is 0 Å². The molecule has 0 spiro atoms. The van der Waals surface area contributed by atoms with Crippen molar-refractivity contribution in [1.29, 1.82) is 0 Å². The summed E-state index contributed by atoms with van der Waals surface area (Å²) in [5.41, 5.74) is 0. The third-order valence-electron chi connectivity index (χ3n) is 4.14. The molecule has 0 unspecified atom stereocenters. The van der Waals surface area contributed by atoms with Crippen LogP contribution in [0.25, 0.3) is 0 Å². The number of amides is 1. The van der Waals surface area contributed by atoms with Crippen molar-refractivity contribution in [3.05, 3.63) is 0 Å². The Balaban J connectivity index is 1.65. The Morgan fingerprint density at radius 2 is 2.00 bits per heavy atom. The van der Waals surface area contributed by atoms with Crippen LogP contribution in [0.4, 0.5) is 0 Å². The zero-order valence-corrected chi connectivity index (χ0v) is 12.3. The monoisotopic (exact) mass is 268 g/mol. The molecular weight excluding hydrogens is 240 g/mol. The number of ether oxygens (including phenoxy) is 1. The smallest absolute Gasteiger partial charge is 0.236 e. The van der Waals surface area contributed by atoms with Crippen LogP contribution < -0.4 is 0 Å². The topological polar surface area (TPSA) is 32.8 Å². The van der Waals surface area contributed by atoms with E-state index in [0.717, 1.165) is 45.8 Å². The molecule has 0 bridgehead atoms. The second-order valence-corrected chi connectivity index (χ2v) is 5.91. The van der Waals surface area contributed by atoms with E-state index >= 15 is 0 Å². The molecule has 0 N–H and O–H groups in total. The van der Waals surface area contributed by atoms with Crippen LogP contribution in [0.3, 0.4) is 0 Å². The average Bonchev–Trinajstić information content (AvgIpc) is 2.88. The van der Waals surface area contributed by atoms with Gasteiger partial charge in [-0.05, 0) is 44.6 Å². The van der Waals surface area contributed by atoms with Gasteiger partial charge in [0.25, 0.3) is 0 Å². The number of rotatable bonds is 6. The number of likely N-dealkylation sites (tertiary alicyclic amines) is 2. The fourth-order valence-corrected chi connectivity index (χ4v) is 3.02. The van der Waals surface area contributed by atoms with E-state index in [1.165, 1.54) is 25.7 Å². The van der Waals surface area contributed by atoms with Crippen LogP contribution in [0.5, 0.6) is 0 Å². The zero-order chi connectivity index (χ0) is 13.5. The van der Waals surface area contributed by atoms with Crippen molar-refractivity contribution in [3.8, 4) is 0 Å². The van der Waals surface area contributed by atoms with Gasteiger partial charge < -0.3 is 9.64 Å². The molecule has 1 amide bonds. The van der Waals surface area contributed by atoms with Gasteiger partial charge in [0.1, 0.15) is 0 Å². The van der Waals surface area contributed by atoms with Crippen molar-refractivity contribution in [2.75, 3.05) is 45.9 Å². The molecule has 4 nitrogen and oxygen atoms in total. The van der Waals surface area contributed by atoms with Crippen LogP contribution in [0.15, 0.2) is 0 Å². The highest BCUT2D eigenvalue weighted by molar-refractivity contribution is 5.78. The highest BCUT2D eigenvalue weighted by Crippen LogP contribution is 2.17. The normalized spacial score (nSPS) is 24.9. The number of hydrogen-bond acceptors (Lipinski definition) is 3. The van der Waals surface area contributed by atoms with Crippen molar-refractivity contribution in [1.82, 2.24) is 9.80 Å². The molecule has 0 saturated carbocycles. The second-order valence-electron chi connectivity index (χ2n) is 5.91. The van der Waals surface area contributed by atoms with Gasteiger partial charge in [-0.1, -0.05) is 6.92 Å². The van der Waals surface area contributed by atoms with E-state index in [2.05, 4.69) is 11.8 Å². The van der Waals surface area contributed by atoms with Gasteiger partial charge in [0.2, 0.25) is 5.91 Å². The molecule has 1 atom stereocenters. The van der Waals surface area contributed by atoms with Crippen molar-refractivity contribution >= 4 is 5.91 Å². The maximum absolute atomic E-state index is 12.2. The highest BCUT2D eigenvalue weighted by Gasteiger charge is 2.26. The molecule has 2 rings (SSSR count).